The third-order valence-electron chi connectivity index (χ3n) is 3.44. The molecule has 6 heteroatoms. The van der Waals surface area contributed by atoms with Gasteiger partial charge >= 0.3 is 0 Å². The lowest BCUT2D eigenvalue weighted by Crippen LogP contribution is -2.37. The minimum Gasteiger partial charge on any atom is -0.447 e. The van der Waals surface area contributed by atoms with Crippen molar-refractivity contribution in [2.24, 2.45) is 11.7 Å². The van der Waals surface area contributed by atoms with Crippen molar-refractivity contribution in [3.05, 3.63) is 17.9 Å². The predicted molar refractivity (Wildman–Crippen MR) is 68.3 cm³/mol. The molecule has 0 aromatic carbocycles. The van der Waals surface area contributed by atoms with Crippen LogP contribution in [0.5, 0.6) is 0 Å². The zero-order chi connectivity index (χ0) is 13.2. The van der Waals surface area contributed by atoms with E-state index in [0.29, 0.717) is 11.7 Å². The Morgan fingerprint density at radius 1 is 1.33 bits per heavy atom. The van der Waals surface area contributed by atoms with Gasteiger partial charge in [-0.25, -0.2) is 13.1 Å². The normalized spacial score (nSPS) is 25.2. The van der Waals surface area contributed by atoms with Gasteiger partial charge in [-0.2, -0.15) is 0 Å². The van der Waals surface area contributed by atoms with Gasteiger partial charge in [-0.05, 0) is 43.7 Å². The zero-order valence-corrected chi connectivity index (χ0v) is 11.4. The predicted octanol–water partition coefficient (Wildman–Crippen LogP) is 1.60. The third kappa shape index (κ3) is 3.13. The summed E-state index contributed by atoms with van der Waals surface area (Å²) in [5.74, 6) is 1.17. The van der Waals surface area contributed by atoms with E-state index in [1.54, 1.807) is 6.07 Å². The summed E-state index contributed by atoms with van der Waals surface area (Å²) in [5.41, 5.74) is 5.40. The maximum atomic E-state index is 12.1. The second-order valence-corrected chi connectivity index (χ2v) is 6.65. The number of rotatable bonds is 4. The number of sulfonamides is 1. The van der Waals surface area contributed by atoms with Crippen LogP contribution in [0.15, 0.2) is 21.6 Å². The van der Waals surface area contributed by atoms with Crippen LogP contribution in [0.25, 0.3) is 0 Å². The largest absolute Gasteiger partial charge is 0.447 e. The first-order valence-electron chi connectivity index (χ1n) is 6.32. The highest BCUT2D eigenvalue weighted by Gasteiger charge is 2.26. The molecule has 1 aromatic heterocycles. The lowest BCUT2D eigenvalue weighted by atomic mass is 9.88. The van der Waals surface area contributed by atoms with Crippen LogP contribution in [0, 0.1) is 5.92 Å². The zero-order valence-electron chi connectivity index (χ0n) is 10.6. The van der Waals surface area contributed by atoms with E-state index in [-0.39, 0.29) is 17.7 Å². The molecule has 0 unspecified atom stereocenters. The second kappa shape index (κ2) is 5.42. The summed E-state index contributed by atoms with van der Waals surface area (Å²) in [7, 11) is -3.54. The van der Waals surface area contributed by atoms with Crippen molar-refractivity contribution in [1.29, 1.82) is 0 Å². The van der Waals surface area contributed by atoms with E-state index in [1.165, 1.54) is 6.07 Å². The van der Waals surface area contributed by atoms with Crippen molar-refractivity contribution in [3.8, 4) is 0 Å². The maximum absolute atomic E-state index is 12.1. The Morgan fingerprint density at radius 3 is 2.56 bits per heavy atom. The van der Waals surface area contributed by atoms with E-state index in [9.17, 15) is 8.42 Å². The van der Waals surface area contributed by atoms with Crippen molar-refractivity contribution in [2.45, 2.75) is 50.3 Å². The first-order valence-corrected chi connectivity index (χ1v) is 7.80. The van der Waals surface area contributed by atoms with Crippen LogP contribution in [0.3, 0.4) is 0 Å². The van der Waals surface area contributed by atoms with Crippen LogP contribution in [-0.4, -0.2) is 14.5 Å². The number of furan rings is 1. The average Bonchev–Trinajstić information content (AvgIpc) is 2.81. The average molecular weight is 272 g/mol. The Balaban J connectivity index is 2.03. The Labute approximate surface area is 108 Å². The quantitative estimate of drug-likeness (QED) is 0.871. The summed E-state index contributed by atoms with van der Waals surface area (Å²) in [5, 5.41) is -0.0402. The van der Waals surface area contributed by atoms with Crippen LogP contribution in [-0.2, 0) is 16.6 Å². The number of nitrogens with two attached hydrogens (primary N) is 1. The van der Waals surface area contributed by atoms with Crippen LogP contribution >= 0.6 is 0 Å². The third-order valence-corrected chi connectivity index (χ3v) is 4.83. The molecule has 3 N–H and O–H groups in total. The maximum Gasteiger partial charge on any atom is 0.274 e. The molecule has 18 heavy (non-hydrogen) atoms. The summed E-state index contributed by atoms with van der Waals surface area (Å²) in [6.07, 6.45) is 3.93. The van der Waals surface area contributed by atoms with Crippen LogP contribution < -0.4 is 10.5 Å². The molecule has 0 aliphatic heterocycles. The first kappa shape index (κ1) is 13.6. The minimum atomic E-state index is -3.54. The van der Waals surface area contributed by atoms with Gasteiger partial charge < -0.3 is 10.2 Å². The molecule has 1 fully saturated rings. The van der Waals surface area contributed by atoms with E-state index in [4.69, 9.17) is 10.2 Å². The van der Waals surface area contributed by atoms with Gasteiger partial charge in [-0.15, -0.1) is 0 Å². The van der Waals surface area contributed by atoms with E-state index in [0.717, 1.165) is 25.7 Å². The van der Waals surface area contributed by atoms with E-state index in [2.05, 4.69) is 11.6 Å². The van der Waals surface area contributed by atoms with Crippen molar-refractivity contribution in [3.63, 3.8) is 0 Å². The van der Waals surface area contributed by atoms with Gasteiger partial charge in [-0.1, -0.05) is 6.92 Å². The fraction of sp³-hybridized carbons (Fsp3) is 0.667. The molecule has 0 saturated heterocycles. The molecule has 1 saturated carbocycles. The molecule has 102 valence electrons. The van der Waals surface area contributed by atoms with Crippen LogP contribution in [0.1, 0.15) is 38.4 Å². The van der Waals surface area contributed by atoms with Gasteiger partial charge in [0.15, 0.2) is 0 Å². The summed E-state index contributed by atoms with van der Waals surface area (Å²) < 4.78 is 32.0. The molecule has 0 amide bonds. The molecule has 0 spiro atoms. The Hall–Kier alpha value is -0.850. The Morgan fingerprint density at radius 2 is 2.00 bits per heavy atom. The minimum absolute atomic E-state index is 0.0256. The van der Waals surface area contributed by atoms with Gasteiger partial charge in [0.1, 0.15) is 5.76 Å². The van der Waals surface area contributed by atoms with Crippen molar-refractivity contribution < 1.29 is 12.8 Å². The molecule has 1 heterocycles. The number of hydrogen-bond acceptors (Lipinski definition) is 4. The van der Waals surface area contributed by atoms with Gasteiger partial charge in [0.2, 0.25) is 5.09 Å². The SMILES string of the molecule is CC1CCC(NS(=O)(=O)c2ccc(CN)o2)CC1. The topological polar surface area (TPSA) is 85.3 Å². The Bertz CT molecular complexity index is 487. The van der Waals surface area contributed by atoms with E-state index in [1.807, 2.05) is 0 Å². The molecule has 2 rings (SSSR count). The smallest absolute Gasteiger partial charge is 0.274 e. The van der Waals surface area contributed by atoms with Gasteiger partial charge in [0.05, 0.1) is 6.54 Å². The summed E-state index contributed by atoms with van der Waals surface area (Å²) in [4.78, 5) is 0. The van der Waals surface area contributed by atoms with Gasteiger partial charge in [-0.3, -0.25) is 0 Å². The highest BCUT2D eigenvalue weighted by molar-refractivity contribution is 7.89. The van der Waals surface area contributed by atoms with Crippen molar-refractivity contribution >= 4 is 10.0 Å². The summed E-state index contributed by atoms with van der Waals surface area (Å²) >= 11 is 0. The fourth-order valence-corrected chi connectivity index (χ4v) is 3.52. The number of hydrogen-bond donors (Lipinski definition) is 2. The summed E-state index contributed by atoms with van der Waals surface area (Å²) in [6.45, 7) is 2.40. The molecule has 1 aliphatic carbocycles. The first-order chi connectivity index (χ1) is 8.51. The Kier molecular flexibility index (Phi) is 4.09. The molecule has 0 atom stereocenters. The molecule has 1 aromatic rings. The molecule has 5 nitrogen and oxygen atoms in total. The molecular formula is C12H20N2O3S. The van der Waals surface area contributed by atoms with Crippen LogP contribution in [0.2, 0.25) is 0 Å². The van der Waals surface area contributed by atoms with Crippen molar-refractivity contribution in [2.75, 3.05) is 0 Å². The van der Waals surface area contributed by atoms with Crippen molar-refractivity contribution in [1.82, 2.24) is 4.72 Å². The molecular weight excluding hydrogens is 252 g/mol. The van der Waals surface area contributed by atoms with E-state index < -0.39 is 10.0 Å². The summed E-state index contributed by atoms with van der Waals surface area (Å²) in [6, 6.07) is 3.07. The van der Waals surface area contributed by atoms with Gasteiger partial charge in [0.25, 0.3) is 10.0 Å². The van der Waals surface area contributed by atoms with Crippen LogP contribution in [0.4, 0.5) is 0 Å². The highest BCUT2D eigenvalue weighted by Crippen LogP contribution is 2.25. The monoisotopic (exact) mass is 272 g/mol. The van der Waals surface area contributed by atoms with E-state index >= 15 is 0 Å². The lowest BCUT2D eigenvalue weighted by Gasteiger charge is -2.26. The second-order valence-electron chi connectivity index (χ2n) is 5.00. The molecule has 0 radical (unpaired) electrons. The highest BCUT2D eigenvalue weighted by atomic mass is 32.2. The number of nitrogens with one attached hydrogen (secondary N) is 1. The van der Waals surface area contributed by atoms with Gasteiger partial charge in [0, 0.05) is 6.04 Å². The molecule has 0 bridgehead atoms. The molecule has 1 aliphatic rings. The lowest BCUT2D eigenvalue weighted by molar-refractivity contribution is 0.328. The standard InChI is InChI=1S/C12H20N2O3S/c1-9-2-4-10(5-3-9)14-18(15,16)12-7-6-11(8-13)17-12/h6-7,9-10,14H,2-5,8,13H2,1H3. The fourth-order valence-electron chi connectivity index (χ4n) is 2.27.